The number of allylic oxidation sites excluding steroid dienone is 2. The van der Waals surface area contributed by atoms with Crippen molar-refractivity contribution >= 4 is 11.7 Å². The highest BCUT2D eigenvalue weighted by Crippen LogP contribution is 2.44. The van der Waals surface area contributed by atoms with Crippen LogP contribution in [0.2, 0.25) is 0 Å². The van der Waals surface area contributed by atoms with Crippen LogP contribution in [0.3, 0.4) is 0 Å². The quantitative estimate of drug-likeness (QED) is 0.661. The highest BCUT2D eigenvalue weighted by Gasteiger charge is 2.38. The first-order chi connectivity index (χ1) is 15.9. The van der Waals surface area contributed by atoms with E-state index in [1.807, 2.05) is 42.5 Å². The molecule has 6 nitrogen and oxygen atoms in total. The second-order valence-corrected chi connectivity index (χ2v) is 9.11. The molecule has 2 atom stereocenters. The number of rotatable bonds is 7. The SMILES string of the molecule is COc1ccc(C2CC(=O)NC3=C2C(=O)CC(c2ccc(OCC(C)C)cc2)C3)cc1OC. The Morgan fingerprint density at radius 2 is 1.61 bits per heavy atom. The van der Waals surface area contributed by atoms with Gasteiger partial charge in [0.15, 0.2) is 17.3 Å². The fraction of sp³-hybridized carbons (Fsp3) is 0.407. The molecule has 0 bridgehead atoms. The summed E-state index contributed by atoms with van der Waals surface area (Å²) in [5.74, 6) is 2.25. The van der Waals surface area contributed by atoms with E-state index in [0.29, 0.717) is 36.9 Å². The lowest BCUT2D eigenvalue weighted by Crippen LogP contribution is -2.38. The smallest absolute Gasteiger partial charge is 0.225 e. The molecule has 33 heavy (non-hydrogen) atoms. The number of ketones is 1. The Hall–Kier alpha value is -3.28. The molecule has 0 radical (unpaired) electrons. The van der Waals surface area contributed by atoms with E-state index in [4.69, 9.17) is 14.2 Å². The molecule has 0 fully saturated rings. The summed E-state index contributed by atoms with van der Waals surface area (Å²) in [6.45, 7) is 4.89. The Bertz CT molecular complexity index is 1070. The molecule has 0 saturated carbocycles. The topological polar surface area (TPSA) is 73.9 Å². The zero-order chi connectivity index (χ0) is 23.5. The third-order valence-corrected chi connectivity index (χ3v) is 6.28. The van der Waals surface area contributed by atoms with E-state index < -0.39 is 0 Å². The maximum Gasteiger partial charge on any atom is 0.225 e. The van der Waals surface area contributed by atoms with Gasteiger partial charge in [-0.1, -0.05) is 32.0 Å². The molecule has 2 aliphatic rings. The van der Waals surface area contributed by atoms with Gasteiger partial charge in [0.05, 0.1) is 20.8 Å². The summed E-state index contributed by atoms with van der Waals surface area (Å²) in [5.41, 5.74) is 3.42. The zero-order valence-corrected chi connectivity index (χ0v) is 19.6. The number of ether oxygens (including phenoxy) is 3. The summed E-state index contributed by atoms with van der Waals surface area (Å²) in [5, 5.41) is 2.98. The second kappa shape index (κ2) is 9.69. The van der Waals surface area contributed by atoms with Crippen LogP contribution >= 0.6 is 0 Å². The number of carbonyl (C=O) groups is 2. The summed E-state index contributed by atoms with van der Waals surface area (Å²) in [7, 11) is 3.16. The largest absolute Gasteiger partial charge is 0.493 e. The fourth-order valence-corrected chi connectivity index (χ4v) is 4.65. The van der Waals surface area contributed by atoms with Crippen molar-refractivity contribution in [2.45, 2.75) is 44.9 Å². The van der Waals surface area contributed by atoms with Gasteiger partial charge >= 0.3 is 0 Å². The van der Waals surface area contributed by atoms with Crippen molar-refractivity contribution in [1.82, 2.24) is 5.32 Å². The predicted octanol–water partition coefficient (Wildman–Crippen LogP) is 4.74. The van der Waals surface area contributed by atoms with Gasteiger partial charge in [0, 0.05) is 30.0 Å². The van der Waals surface area contributed by atoms with Crippen molar-refractivity contribution in [1.29, 1.82) is 0 Å². The van der Waals surface area contributed by atoms with Crippen LogP contribution in [0.15, 0.2) is 53.7 Å². The van der Waals surface area contributed by atoms with Gasteiger partial charge in [-0.3, -0.25) is 9.59 Å². The van der Waals surface area contributed by atoms with E-state index >= 15 is 0 Å². The Kier molecular flexibility index (Phi) is 6.72. The maximum atomic E-state index is 13.3. The number of amides is 1. The lowest BCUT2D eigenvalue weighted by molar-refractivity contribution is -0.122. The maximum absolute atomic E-state index is 13.3. The molecule has 1 N–H and O–H groups in total. The van der Waals surface area contributed by atoms with Crippen LogP contribution in [0.5, 0.6) is 17.2 Å². The Morgan fingerprint density at radius 3 is 2.27 bits per heavy atom. The van der Waals surface area contributed by atoms with Crippen LogP contribution in [-0.2, 0) is 9.59 Å². The van der Waals surface area contributed by atoms with Crippen LogP contribution in [0.25, 0.3) is 0 Å². The van der Waals surface area contributed by atoms with Gasteiger partial charge in [-0.15, -0.1) is 0 Å². The summed E-state index contributed by atoms with van der Waals surface area (Å²) >= 11 is 0. The number of benzene rings is 2. The number of hydrogen-bond donors (Lipinski definition) is 1. The van der Waals surface area contributed by atoms with Crippen molar-refractivity contribution in [2.75, 3.05) is 20.8 Å². The lowest BCUT2D eigenvalue weighted by Gasteiger charge is -2.34. The number of Topliss-reactive ketones (excluding diaryl/α,β-unsaturated/α-hetero) is 1. The van der Waals surface area contributed by atoms with Gasteiger partial charge in [0.1, 0.15) is 5.75 Å². The van der Waals surface area contributed by atoms with E-state index in [9.17, 15) is 9.59 Å². The number of hydrogen-bond acceptors (Lipinski definition) is 5. The van der Waals surface area contributed by atoms with Gasteiger partial charge in [-0.2, -0.15) is 0 Å². The normalized spacial score (nSPS) is 20.4. The van der Waals surface area contributed by atoms with Crippen molar-refractivity contribution in [3.05, 3.63) is 64.9 Å². The molecule has 2 unspecified atom stereocenters. The average Bonchev–Trinajstić information content (AvgIpc) is 2.81. The number of carbonyl (C=O) groups excluding carboxylic acids is 2. The molecule has 6 heteroatoms. The molecule has 1 aliphatic heterocycles. The minimum absolute atomic E-state index is 0.0276. The van der Waals surface area contributed by atoms with Gasteiger partial charge < -0.3 is 19.5 Å². The van der Waals surface area contributed by atoms with E-state index in [1.54, 1.807) is 14.2 Å². The minimum atomic E-state index is -0.284. The molecule has 1 amide bonds. The molecule has 2 aromatic rings. The summed E-state index contributed by atoms with van der Waals surface area (Å²) < 4.78 is 16.5. The van der Waals surface area contributed by atoms with E-state index in [2.05, 4.69) is 19.2 Å². The van der Waals surface area contributed by atoms with Crippen molar-refractivity contribution in [3.63, 3.8) is 0 Å². The number of nitrogens with one attached hydrogen (secondary N) is 1. The molecular formula is C27H31NO5. The molecule has 0 aromatic heterocycles. The fourth-order valence-electron chi connectivity index (χ4n) is 4.65. The lowest BCUT2D eigenvalue weighted by atomic mass is 9.73. The third-order valence-electron chi connectivity index (χ3n) is 6.28. The molecule has 4 rings (SSSR count). The highest BCUT2D eigenvalue weighted by atomic mass is 16.5. The predicted molar refractivity (Wildman–Crippen MR) is 126 cm³/mol. The van der Waals surface area contributed by atoms with Crippen molar-refractivity contribution in [2.24, 2.45) is 5.92 Å². The first-order valence-corrected chi connectivity index (χ1v) is 11.4. The Labute approximate surface area is 194 Å². The summed E-state index contributed by atoms with van der Waals surface area (Å²) in [6.07, 6.45) is 1.29. The number of methoxy groups -OCH3 is 2. The van der Waals surface area contributed by atoms with Crippen LogP contribution in [0.4, 0.5) is 0 Å². The molecule has 2 aromatic carbocycles. The van der Waals surface area contributed by atoms with Gasteiger partial charge in [-0.05, 0) is 53.6 Å². The average molecular weight is 450 g/mol. The molecule has 1 heterocycles. The Morgan fingerprint density at radius 1 is 0.909 bits per heavy atom. The summed E-state index contributed by atoms with van der Waals surface area (Å²) in [6, 6.07) is 13.5. The van der Waals surface area contributed by atoms with Crippen LogP contribution in [-0.4, -0.2) is 32.5 Å². The van der Waals surface area contributed by atoms with Gasteiger partial charge in [0.25, 0.3) is 0 Å². The van der Waals surface area contributed by atoms with E-state index in [0.717, 1.165) is 28.1 Å². The molecular weight excluding hydrogens is 418 g/mol. The highest BCUT2D eigenvalue weighted by molar-refractivity contribution is 6.02. The van der Waals surface area contributed by atoms with E-state index in [-0.39, 0.29) is 29.9 Å². The first-order valence-electron chi connectivity index (χ1n) is 11.4. The van der Waals surface area contributed by atoms with E-state index in [1.165, 1.54) is 0 Å². The van der Waals surface area contributed by atoms with Crippen LogP contribution in [0, 0.1) is 5.92 Å². The molecule has 0 spiro atoms. The molecule has 1 aliphatic carbocycles. The molecule has 174 valence electrons. The first kappa shape index (κ1) is 22.9. The van der Waals surface area contributed by atoms with Crippen molar-refractivity contribution < 1.29 is 23.8 Å². The van der Waals surface area contributed by atoms with Gasteiger partial charge in [0.2, 0.25) is 5.91 Å². The molecule has 0 saturated heterocycles. The van der Waals surface area contributed by atoms with Crippen LogP contribution in [0.1, 0.15) is 56.1 Å². The standard InChI is InChI=1S/C27H31NO5/c1-16(2)15-33-20-8-5-17(6-9-20)19-11-22-27(23(29)12-19)21(14-26(30)28-22)18-7-10-24(31-3)25(13-18)32-4/h5-10,13,16,19,21H,11-12,14-15H2,1-4H3,(H,28,30). The Balaban J connectivity index is 1.59. The van der Waals surface area contributed by atoms with Gasteiger partial charge in [-0.25, -0.2) is 0 Å². The minimum Gasteiger partial charge on any atom is -0.493 e. The second-order valence-electron chi connectivity index (χ2n) is 9.11. The monoisotopic (exact) mass is 449 g/mol. The zero-order valence-electron chi connectivity index (χ0n) is 19.6. The van der Waals surface area contributed by atoms with Crippen LogP contribution < -0.4 is 19.5 Å². The third kappa shape index (κ3) is 4.90. The van der Waals surface area contributed by atoms with Crippen molar-refractivity contribution in [3.8, 4) is 17.2 Å². The summed E-state index contributed by atoms with van der Waals surface area (Å²) in [4.78, 5) is 25.9.